The van der Waals surface area contributed by atoms with Crippen LogP contribution in [0.4, 0.5) is 0 Å². The van der Waals surface area contributed by atoms with Crippen molar-refractivity contribution in [1.29, 1.82) is 0 Å². The van der Waals surface area contributed by atoms with Gasteiger partial charge in [-0.05, 0) is 54.8 Å². The summed E-state index contributed by atoms with van der Waals surface area (Å²) in [5.74, 6) is 0.477. The van der Waals surface area contributed by atoms with Gasteiger partial charge in [-0.3, -0.25) is 0 Å². The maximum Gasteiger partial charge on any atom is 0.0891 e. The topological polar surface area (TPSA) is 37.2 Å². The first-order valence-corrected chi connectivity index (χ1v) is 10.8. The zero-order valence-electron chi connectivity index (χ0n) is 15.1. The molecule has 0 fully saturated rings. The third-order valence-corrected chi connectivity index (χ3v) is 6.14. The Morgan fingerprint density at radius 1 is 1.11 bits per heavy atom. The largest absolute Gasteiger partial charge is 0.389 e. The van der Waals surface area contributed by atoms with E-state index >= 15 is 0 Å². The summed E-state index contributed by atoms with van der Waals surface area (Å²) >= 11 is 7.16. The molecule has 2 N–H and O–H groups in total. The Labute approximate surface area is 176 Å². The third kappa shape index (κ3) is 3.86. The summed E-state index contributed by atoms with van der Waals surface area (Å²) in [4.78, 5) is 0. The summed E-state index contributed by atoms with van der Waals surface area (Å²) in [5.41, 5.74) is 3.48. The minimum Gasteiger partial charge on any atom is -0.389 e. The van der Waals surface area contributed by atoms with Crippen LogP contribution in [-0.4, -0.2) is 22.3 Å². The summed E-state index contributed by atoms with van der Waals surface area (Å²) < 4.78 is 4.33. The third-order valence-electron chi connectivity index (χ3n) is 5.16. The lowest BCUT2D eigenvalue weighted by Gasteiger charge is -2.21. The molecule has 2 atom stereocenters. The highest BCUT2D eigenvalue weighted by molar-refractivity contribution is 9.10. The SMILES string of the molecule is CC1CC=CC=C1NCC(O)Cn1c2ccc(Br)cc2c2cc(Br)ccc21. The van der Waals surface area contributed by atoms with Crippen LogP contribution >= 0.6 is 31.9 Å². The maximum atomic E-state index is 10.7. The molecule has 4 rings (SSSR count). The molecule has 0 spiro atoms. The number of nitrogens with zero attached hydrogens (tertiary/aromatic N) is 1. The fourth-order valence-corrected chi connectivity index (χ4v) is 4.46. The molecule has 1 aliphatic rings. The second kappa shape index (κ2) is 7.82. The molecule has 0 aliphatic heterocycles. The Morgan fingerprint density at radius 3 is 2.33 bits per heavy atom. The molecular formula is C22H22Br2N2O. The lowest BCUT2D eigenvalue weighted by molar-refractivity contribution is 0.156. The van der Waals surface area contributed by atoms with E-state index in [1.165, 1.54) is 16.5 Å². The Morgan fingerprint density at radius 2 is 1.74 bits per heavy atom. The standard InChI is InChI=1S/C22H22Br2N2O/c1-14-4-2-3-5-20(14)25-12-17(27)13-26-21-8-6-15(23)10-18(21)19-11-16(24)7-9-22(19)26/h2-3,5-11,14,17,25,27H,4,12-13H2,1H3. The maximum absolute atomic E-state index is 10.7. The number of aliphatic hydroxyl groups is 1. The van der Waals surface area contributed by atoms with E-state index in [0.29, 0.717) is 19.0 Å². The number of hydrogen-bond donors (Lipinski definition) is 2. The summed E-state index contributed by atoms with van der Waals surface area (Å²) in [6.07, 6.45) is 6.94. The van der Waals surface area contributed by atoms with Crippen LogP contribution in [0.2, 0.25) is 0 Å². The fourth-order valence-electron chi connectivity index (χ4n) is 3.73. The molecule has 0 saturated heterocycles. The predicted molar refractivity (Wildman–Crippen MR) is 120 cm³/mol. The van der Waals surface area contributed by atoms with Gasteiger partial charge >= 0.3 is 0 Å². The van der Waals surface area contributed by atoms with Gasteiger partial charge in [0, 0.05) is 43.0 Å². The van der Waals surface area contributed by atoms with Crippen molar-refractivity contribution in [2.24, 2.45) is 5.92 Å². The van der Waals surface area contributed by atoms with E-state index in [2.05, 4.69) is 103 Å². The number of hydrogen-bond acceptors (Lipinski definition) is 2. The molecule has 3 aromatic rings. The highest BCUT2D eigenvalue weighted by atomic mass is 79.9. The van der Waals surface area contributed by atoms with Crippen LogP contribution < -0.4 is 5.32 Å². The Bertz CT molecular complexity index is 992. The quantitative estimate of drug-likeness (QED) is 0.478. The van der Waals surface area contributed by atoms with Crippen molar-refractivity contribution in [3.05, 3.63) is 69.3 Å². The average Bonchev–Trinajstić information content (AvgIpc) is 2.93. The minimum atomic E-state index is -0.477. The molecule has 0 bridgehead atoms. The number of fused-ring (bicyclic) bond motifs is 3. The van der Waals surface area contributed by atoms with Crippen LogP contribution in [0.15, 0.2) is 69.3 Å². The van der Waals surface area contributed by atoms with Crippen molar-refractivity contribution in [3.63, 3.8) is 0 Å². The summed E-state index contributed by atoms with van der Waals surface area (Å²) in [6.45, 7) is 3.30. The smallest absolute Gasteiger partial charge is 0.0891 e. The first-order chi connectivity index (χ1) is 13.0. The van der Waals surface area contributed by atoms with Gasteiger partial charge in [-0.25, -0.2) is 0 Å². The molecule has 2 unspecified atom stereocenters. The Hall–Kier alpha value is -1.56. The molecule has 27 heavy (non-hydrogen) atoms. The van der Waals surface area contributed by atoms with Crippen LogP contribution in [-0.2, 0) is 6.54 Å². The number of aliphatic hydroxyl groups excluding tert-OH is 1. The van der Waals surface area contributed by atoms with Crippen LogP contribution in [0.1, 0.15) is 13.3 Å². The van der Waals surface area contributed by atoms with Crippen molar-refractivity contribution < 1.29 is 5.11 Å². The lowest BCUT2D eigenvalue weighted by atomic mass is 9.99. The Balaban J connectivity index is 1.62. The predicted octanol–water partition coefficient (Wildman–Crippen LogP) is 5.75. The van der Waals surface area contributed by atoms with E-state index in [1.54, 1.807) is 0 Å². The monoisotopic (exact) mass is 488 g/mol. The molecule has 140 valence electrons. The number of rotatable bonds is 5. The molecule has 5 heteroatoms. The van der Waals surface area contributed by atoms with Gasteiger partial charge in [0.15, 0.2) is 0 Å². The summed E-state index contributed by atoms with van der Waals surface area (Å²) in [5, 5.41) is 16.5. The van der Waals surface area contributed by atoms with Gasteiger partial charge in [0.25, 0.3) is 0 Å². The molecule has 0 saturated carbocycles. The average molecular weight is 490 g/mol. The van der Waals surface area contributed by atoms with Gasteiger partial charge in [-0.15, -0.1) is 0 Å². The van der Waals surface area contributed by atoms with Crippen LogP contribution in [0.5, 0.6) is 0 Å². The summed E-state index contributed by atoms with van der Waals surface area (Å²) in [7, 11) is 0. The number of aromatic nitrogens is 1. The fraction of sp³-hybridized carbons (Fsp3) is 0.273. The van der Waals surface area contributed by atoms with Crippen molar-refractivity contribution in [3.8, 4) is 0 Å². The zero-order chi connectivity index (χ0) is 19.0. The van der Waals surface area contributed by atoms with E-state index in [1.807, 2.05) is 0 Å². The van der Waals surface area contributed by atoms with E-state index in [4.69, 9.17) is 0 Å². The van der Waals surface area contributed by atoms with Gasteiger partial charge < -0.3 is 15.0 Å². The van der Waals surface area contributed by atoms with Gasteiger partial charge in [0.1, 0.15) is 0 Å². The second-order valence-electron chi connectivity index (χ2n) is 7.16. The lowest BCUT2D eigenvalue weighted by Crippen LogP contribution is -2.31. The molecule has 0 radical (unpaired) electrons. The van der Waals surface area contributed by atoms with E-state index < -0.39 is 6.10 Å². The highest BCUT2D eigenvalue weighted by Gasteiger charge is 2.16. The molecule has 0 amide bonds. The van der Waals surface area contributed by atoms with Crippen molar-refractivity contribution in [2.75, 3.05) is 6.54 Å². The van der Waals surface area contributed by atoms with Crippen molar-refractivity contribution >= 4 is 53.7 Å². The van der Waals surface area contributed by atoms with Crippen LogP contribution in [0.3, 0.4) is 0 Å². The second-order valence-corrected chi connectivity index (χ2v) is 8.99. The Kier molecular flexibility index (Phi) is 5.44. The molecule has 1 heterocycles. The number of halogens is 2. The van der Waals surface area contributed by atoms with Crippen molar-refractivity contribution in [1.82, 2.24) is 9.88 Å². The summed E-state index contributed by atoms with van der Waals surface area (Å²) in [6, 6.07) is 12.6. The van der Waals surface area contributed by atoms with E-state index in [-0.39, 0.29) is 0 Å². The molecule has 2 aromatic carbocycles. The van der Waals surface area contributed by atoms with Gasteiger partial charge in [0.05, 0.1) is 12.6 Å². The zero-order valence-corrected chi connectivity index (χ0v) is 18.3. The molecule has 3 nitrogen and oxygen atoms in total. The molecule has 1 aliphatic carbocycles. The number of allylic oxidation sites excluding steroid dienone is 4. The van der Waals surface area contributed by atoms with E-state index in [0.717, 1.165) is 26.4 Å². The van der Waals surface area contributed by atoms with Gasteiger partial charge in [0.2, 0.25) is 0 Å². The highest BCUT2D eigenvalue weighted by Crippen LogP contribution is 2.33. The first kappa shape index (κ1) is 18.8. The molecular weight excluding hydrogens is 468 g/mol. The molecule has 1 aromatic heterocycles. The van der Waals surface area contributed by atoms with Gasteiger partial charge in [-0.2, -0.15) is 0 Å². The van der Waals surface area contributed by atoms with Crippen LogP contribution in [0, 0.1) is 5.92 Å². The van der Waals surface area contributed by atoms with Gasteiger partial charge in [-0.1, -0.05) is 50.9 Å². The number of nitrogens with one attached hydrogen (secondary N) is 1. The van der Waals surface area contributed by atoms with E-state index in [9.17, 15) is 5.11 Å². The minimum absolute atomic E-state index is 0.477. The number of benzene rings is 2. The first-order valence-electron chi connectivity index (χ1n) is 9.18. The normalized spacial score (nSPS) is 18.1. The van der Waals surface area contributed by atoms with Crippen molar-refractivity contribution in [2.45, 2.75) is 26.0 Å². The van der Waals surface area contributed by atoms with Crippen LogP contribution in [0.25, 0.3) is 21.8 Å².